The summed E-state index contributed by atoms with van der Waals surface area (Å²) in [6.45, 7) is 3.07. The number of aryl methyl sites for hydroxylation is 1. The summed E-state index contributed by atoms with van der Waals surface area (Å²) in [5.74, 6) is 1.27. The molecule has 38 heavy (non-hydrogen) atoms. The normalized spacial score (nSPS) is 11.9. The van der Waals surface area contributed by atoms with Gasteiger partial charge < -0.3 is 14.4 Å². The third-order valence-corrected chi connectivity index (χ3v) is 6.73. The van der Waals surface area contributed by atoms with Crippen LogP contribution in [0, 0.1) is 0 Å². The SMILES string of the molecule is CCC(c1nc2ccccc2c(=O)n1-c1ccc(OC)cc1)N(CCCOC)C(=O)CCc1ccccc1. The predicted octanol–water partition coefficient (Wildman–Crippen LogP) is 5.34. The van der Waals surface area contributed by atoms with Crippen LogP contribution in [0.5, 0.6) is 5.75 Å². The second-order valence-electron chi connectivity index (χ2n) is 9.17. The van der Waals surface area contributed by atoms with Gasteiger partial charge in [0.25, 0.3) is 5.56 Å². The van der Waals surface area contributed by atoms with Gasteiger partial charge in [-0.15, -0.1) is 0 Å². The van der Waals surface area contributed by atoms with E-state index in [4.69, 9.17) is 14.5 Å². The van der Waals surface area contributed by atoms with Gasteiger partial charge in [0, 0.05) is 26.7 Å². The van der Waals surface area contributed by atoms with Crippen molar-refractivity contribution in [2.24, 2.45) is 0 Å². The van der Waals surface area contributed by atoms with Crippen molar-refractivity contribution in [2.75, 3.05) is 27.4 Å². The summed E-state index contributed by atoms with van der Waals surface area (Å²) < 4.78 is 12.3. The number of nitrogens with zero attached hydrogens (tertiary/aromatic N) is 3. The number of methoxy groups -OCH3 is 2. The van der Waals surface area contributed by atoms with Crippen molar-refractivity contribution < 1.29 is 14.3 Å². The molecule has 1 heterocycles. The molecular weight excluding hydrogens is 478 g/mol. The average molecular weight is 514 g/mol. The number of hydrogen-bond donors (Lipinski definition) is 0. The van der Waals surface area contributed by atoms with Crippen molar-refractivity contribution in [1.29, 1.82) is 0 Å². The second kappa shape index (κ2) is 13.0. The Kier molecular flexibility index (Phi) is 9.27. The zero-order valence-electron chi connectivity index (χ0n) is 22.3. The summed E-state index contributed by atoms with van der Waals surface area (Å²) in [6.07, 6.45) is 2.30. The first-order valence-corrected chi connectivity index (χ1v) is 13.1. The zero-order chi connectivity index (χ0) is 26.9. The number of hydrogen-bond acceptors (Lipinski definition) is 5. The number of fused-ring (bicyclic) bond motifs is 1. The fourth-order valence-electron chi connectivity index (χ4n) is 4.77. The highest BCUT2D eigenvalue weighted by Gasteiger charge is 2.28. The summed E-state index contributed by atoms with van der Waals surface area (Å²) in [6, 6.07) is 24.3. The zero-order valence-corrected chi connectivity index (χ0v) is 22.3. The van der Waals surface area contributed by atoms with E-state index in [0.717, 1.165) is 5.56 Å². The standard InChI is InChI=1S/C31H35N3O4/c1-4-28(33(21-10-22-37-2)29(35)20-15-23-11-6-5-7-12-23)30-32-27-14-9-8-13-26(27)31(36)34(30)24-16-18-25(38-3)19-17-24/h5-9,11-14,16-19,28H,4,10,15,20-22H2,1-3H3. The van der Waals surface area contributed by atoms with Crippen LogP contribution >= 0.6 is 0 Å². The number of para-hydroxylation sites is 1. The topological polar surface area (TPSA) is 73.7 Å². The highest BCUT2D eigenvalue weighted by Crippen LogP contribution is 2.28. The Bertz CT molecular complexity index is 1400. The summed E-state index contributed by atoms with van der Waals surface area (Å²) >= 11 is 0. The molecule has 0 N–H and O–H groups in total. The van der Waals surface area contributed by atoms with Gasteiger partial charge in [-0.1, -0.05) is 49.4 Å². The van der Waals surface area contributed by atoms with Gasteiger partial charge in [-0.2, -0.15) is 0 Å². The minimum absolute atomic E-state index is 0.0282. The van der Waals surface area contributed by atoms with Gasteiger partial charge in [0.2, 0.25) is 5.91 Å². The van der Waals surface area contributed by atoms with Gasteiger partial charge in [-0.05, 0) is 61.2 Å². The molecule has 0 spiro atoms. The van der Waals surface area contributed by atoms with E-state index in [1.54, 1.807) is 24.9 Å². The quantitative estimate of drug-likeness (QED) is 0.239. The van der Waals surface area contributed by atoms with Crippen LogP contribution in [0.25, 0.3) is 16.6 Å². The molecular formula is C31H35N3O4. The van der Waals surface area contributed by atoms with Crippen LogP contribution in [0.2, 0.25) is 0 Å². The van der Waals surface area contributed by atoms with Gasteiger partial charge in [-0.25, -0.2) is 4.98 Å². The first-order chi connectivity index (χ1) is 18.6. The molecule has 198 valence electrons. The lowest BCUT2D eigenvalue weighted by Gasteiger charge is -2.32. The average Bonchev–Trinajstić information content (AvgIpc) is 2.96. The molecule has 0 saturated carbocycles. The number of aromatic nitrogens is 2. The van der Waals surface area contributed by atoms with Crippen molar-refractivity contribution in [2.45, 2.75) is 38.6 Å². The monoisotopic (exact) mass is 513 g/mol. The molecule has 0 bridgehead atoms. The van der Waals surface area contributed by atoms with Crippen molar-refractivity contribution in [3.05, 3.63) is 101 Å². The molecule has 0 aliphatic heterocycles. The maximum Gasteiger partial charge on any atom is 0.266 e. The molecule has 4 rings (SSSR count). The molecule has 4 aromatic rings. The largest absolute Gasteiger partial charge is 0.497 e. The highest BCUT2D eigenvalue weighted by molar-refractivity contribution is 5.79. The van der Waals surface area contributed by atoms with Crippen LogP contribution in [0.15, 0.2) is 83.7 Å². The number of benzene rings is 3. The maximum absolute atomic E-state index is 13.9. The van der Waals surface area contributed by atoms with Crippen molar-refractivity contribution in [1.82, 2.24) is 14.5 Å². The van der Waals surface area contributed by atoms with Gasteiger partial charge in [0.1, 0.15) is 11.6 Å². The van der Waals surface area contributed by atoms with Crippen LogP contribution in [0.1, 0.15) is 43.6 Å². The highest BCUT2D eigenvalue weighted by atomic mass is 16.5. The Morgan fingerprint density at radius 3 is 2.37 bits per heavy atom. The first-order valence-electron chi connectivity index (χ1n) is 13.1. The number of carbonyl (C=O) groups is 1. The fourth-order valence-corrected chi connectivity index (χ4v) is 4.77. The van der Waals surface area contributed by atoms with Crippen molar-refractivity contribution in [3.63, 3.8) is 0 Å². The van der Waals surface area contributed by atoms with E-state index in [9.17, 15) is 9.59 Å². The minimum atomic E-state index is -0.394. The molecule has 7 nitrogen and oxygen atoms in total. The molecule has 0 aliphatic rings. The minimum Gasteiger partial charge on any atom is -0.497 e. The molecule has 1 unspecified atom stereocenters. The Morgan fingerprint density at radius 1 is 0.974 bits per heavy atom. The Hall–Kier alpha value is -3.97. The first kappa shape index (κ1) is 27.1. The van der Waals surface area contributed by atoms with Crippen LogP contribution in [-0.2, 0) is 16.0 Å². The molecule has 0 radical (unpaired) electrons. The molecule has 1 amide bonds. The lowest BCUT2D eigenvalue weighted by atomic mass is 10.1. The van der Waals surface area contributed by atoms with Gasteiger partial charge in [-0.3, -0.25) is 14.2 Å². The van der Waals surface area contributed by atoms with E-state index in [1.807, 2.05) is 84.6 Å². The molecule has 1 atom stereocenters. The fraction of sp³-hybridized carbons (Fsp3) is 0.323. The summed E-state index contributed by atoms with van der Waals surface area (Å²) in [4.78, 5) is 34.4. The van der Waals surface area contributed by atoms with Gasteiger partial charge in [0.15, 0.2) is 0 Å². The summed E-state index contributed by atoms with van der Waals surface area (Å²) in [7, 11) is 3.27. The van der Waals surface area contributed by atoms with Crippen LogP contribution in [0.3, 0.4) is 0 Å². The third kappa shape index (κ3) is 6.11. The summed E-state index contributed by atoms with van der Waals surface area (Å²) in [5.41, 5.74) is 2.24. The van der Waals surface area contributed by atoms with Crippen LogP contribution < -0.4 is 10.3 Å². The van der Waals surface area contributed by atoms with Crippen molar-refractivity contribution >= 4 is 16.8 Å². The van der Waals surface area contributed by atoms with E-state index in [1.165, 1.54) is 0 Å². The van der Waals surface area contributed by atoms with Gasteiger partial charge >= 0.3 is 0 Å². The Morgan fingerprint density at radius 2 is 1.68 bits per heavy atom. The van der Waals surface area contributed by atoms with Crippen molar-refractivity contribution in [3.8, 4) is 11.4 Å². The Balaban J connectivity index is 1.79. The molecule has 3 aromatic carbocycles. The lowest BCUT2D eigenvalue weighted by molar-refractivity contribution is -0.134. The van der Waals surface area contributed by atoms with E-state index >= 15 is 0 Å². The van der Waals surface area contributed by atoms with E-state index in [0.29, 0.717) is 67.0 Å². The lowest BCUT2D eigenvalue weighted by Crippen LogP contribution is -2.39. The Labute approximate surface area is 223 Å². The number of rotatable bonds is 12. The molecule has 0 aliphatic carbocycles. The van der Waals surface area contributed by atoms with E-state index in [2.05, 4.69) is 0 Å². The smallest absolute Gasteiger partial charge is 0.266 e. The second-order valence-corrected chi connectivity index (χ2v) is 9.17. The summed E-state index contributed by atoms with van der Waals surface area (Å²) in [5, 5.41) is 0.531. The molecule has 1 aromatic heterocycles. The number of amides is 1. The number of ether oxygens (including phenoxy) is 2. The predicted molar refractivity (Wildman–Crippen MR) is 150 cm³/mol. The van der Waals surface area contributed by atoms with Crippen LogP contribution in [-0.4, -0.2) is 47.7 Å². The van der Waals surface area contributed by atoms with E-state index < -0.39 is 6.04 Å². The molecule has 7 heteroatoms. The van der Waals surface area contributed by atoms with Crippen LogP contribution in [0.4, 0.5) is 0 Å². The number of carbonyl (C=O) groups excluding carboxylic acids is 1. The third-order valence-electron chi connectivity index (χ3n) is 6.73. The molecule has 0 fully saturated rings. The maximum atomic E-state index is 13.9. The van der Waals surface area contributed by atoms with Gasteiger partial charge in [0.05, 0.1) is 29.7 Å². The molecule has 0 saturated heterocycles. The van der Waals surface area contributed by atoms with E-state index in [-0.39, 0.29) is 11.5 Å².